The van der Waals surface area contributed by atoms with Gasteiger partial charge in [-0.25, -0.2) is 14.8 Å². The molecule has 7 heteroatoms. The second kappa shape index (κ2) is 5.68. The Morgan fingerprint density at radius 3 is 1.32 bits per heavy atom. The zero-order chi connectivity index (χ0) is 19.4. The van der Waals surface area contributed by atoms with Crippen LogP contribution in [0.25, 0.3) is 21.8 Å². The van der Waals surface area contributed by atoms with Gasteiger partial charge in [-0.3, -0.25) is 19.2 Å². The predicted molar refractivity (Wildman–Crippen MR) is 103 cm³/mol. The van der Waals surface area contributed by atoms with Crippen LogP contribution in [0, 0.1) is 0 Å². The van der Waals surface area contributed by atoms with Crippen LogP contribution < -0.4 is 9.80 Å². The van der Waals surface area contributed by atoms with Crippen molar-refractivity contribution in [3.8, 4) is 0 Å². The number of benzene rings is 2. The van der Waals surface area contributed by atoms with Gasteiger partial charge in [0.15, 0.2) is 0 Å². The van der Waals surface area contributed by atoms with Gasteiger partial charge in [-0.15, -0.1) is 0 Å². The third kappa shape index (κ3) is 2.34. The van der Waals surface area contributed by atoms with Crippen LogP contribution in [0.2, 0.25) is 0 Å². The topological polar surface area (TPSA) is 87.7 Å². The molecule has 0 fully saturated rings. The Hall–Kier alpha value is -4.13. The zero-order valence-electron chi connectivity index (χ0n) is 14.3. The van der Waals surface area contributed by atoms with E-state index in [0.717, 1.165) is 20.6 Å². The summed E-state index contributed by atoms with van der Waals surface area (Å²) in [5.41, 5.74) is 2.05. The number of fused-ring (bicyclic) bond motifs is 2. The van der Waals surface area contributed by atoms with Crippen molar-refractivity contribution >= 4 is 56.8 Å². The molecule has 0 bridgehead atoms. The Labute approximate surface area is 158 Å². The molecule has 3 aromatic rings. The van der Waals surface area contributed by atoms with Crippen LogP contribution in [0.15, 0.2) is 66.8 Å². The smallest absolute Gasteiger partial charge is 0.258 e. The number of carbonyl (C=O) groups is 4. The summed E-state index contributed by atoms with van der Waals surface area (Å²) in [6.07, 6.45) is 4.91. The van der Waals surface area contributed by atoms with E-state index in [-0.39, 0.29) is 0 Å². The van der Waals surface area contributed by atoms with E-state index in [2.05, 4.69) is 4.98 Å². The molecule has 4 amide bonds. The van der Waals surface area contributed by atoms with Gasteiger partial charge < -0.3 is 0 Å². The minimum Gasteiger partial charge on any atom is -0.269 e. The molecule has 0 saturated carbocycles. The molecule has 2 aromatic carbocycles. The molecule has 28 heavy (non-hydrogen) atoms. The van der Waals surface area contributed by atoms with Crippen molar-refractivity contribution in [1.29, 1.82) is 0 Å². The van der Waals surface area contributed by atoms with Gasteiger partial charge in [-0.2, -0.15) is 0 Å². The van der Waals surface area contributed by atoms with E-state index in [9.17, 15) is 19.2 Å². The van der Waals surface area contributed by atoms with Gasteiger partial charge in [0.2, 0.25) is 0 Å². The molecule has 7 nitrogen and oxygen atoms in total. The molecular weight excluding hydrogens is 358 g/mol. The molecule has 0 atom stereocenters. The Balaban J connectivity index is 1.62. The lowest BCUT2D eigenvalue weighted by Crippen LogP contribution is -2.29. The van der Waals surface area contributed by atoms with Crippen molar-refractivity contribution in [2.75, 3.05) is 9.80 Å². The van der Waals surface area contributed by atoms with Crippen LogP contribution >= 0.6 is 0 Å². The van der Waals surface area contributed by atoms with Gasteiger partial charge in [-0.05, 0) is 30.3 Å². The van der Waals surface area contributed by atoms with E-state index in [0.29, 0.717) is 22.4 Å². The largest absolute Gasteiger partial charge is 0.269 e. The Morgan fingerprint density at radius 1 is 0.536 bits per heavy atom. The number of anilines is 2. The highest BCUT2D eigenvalue weighted by molar-refractivity contribution is 6.29. The third-order valence-corrected chi connectivity index (χ3v) is 4.71. The van der Waals surface area contributed by atoms with Gasteiger partial charge >= 0.3 is 0 Å². The van der Waals surface area contributed by atoms with Crippen molar-refractivity contribution < 1.29 is 19.2 Å². The molecule has 134 valence electrons. The summed E-state index contributed by atoms with van der Waals surface area (Å²) >= 11 is 0. The van der Waals surface area contributed by atoms with Gasteiger partial charge in [-0.1, -0.05) is 12.1 Å². The van der Waals surface area contributed by atoms with Crippen LogP contribution in [-0.2, 0) is 19.2 Å². The minimum absolute atomic E-state index is 0.397. The summed E-state index contributed by atoms with van der Waals surface area (Å²) in [6.45, 7) is 0. The number of rotatable bonds is 2. The lowest BCUT2D eigenvalue weighted by Gasteiger charge is -2.15. The highest BCUT2D eigenvalue weighted by Gasteiger charge is 2.26. The molecule has 0 unspecified atom stereocenters. The first kappa shape index (κ1) is 16.1. The van der Waals surface area contributed by atoms with E-state index in [1.165, 1.54) is 24.3 Å². The molecule has 0 saturated heterocycles. The lowest BCUT2D eigenvalue weighted by molar-refractivity contribution is -0.121. The molecular formula is C21H11N3O4. The summed E-state index contributed by atoms with van der Waals surface area (Å²) < 4.78 is 0. The normalized spacial score (nSPS) is 16.4. The number of imide groups is 2. The molecule has 0 spiro atoms. The summed E-state index contributed by atoms with van der Waals surface area (Å²) in [7, 11) is 0. The second-order valence-electron chi connectivity index (χ2n) is 6.43. The summed E-state index contributed by atoms with van der Waals surface area (Å²) in [5, 5.41) is 1.68. The Morgan fingerprint density at radius 2 is 0.929 bits per heavy atom. The highest BCUT2D eigenvalue weighted by Crippen LogP contribution is 2.29. The number of nitrogens with zero attached hydrogens (tertiary/aromatic N) is 3. The van der Waals surface area contributed by atoms with Crippen molar-refractivity contribution in [2.45, 2.75) is 0 Å². The first-order chi connectivity index (χ1) is 13.5. The first-order valence-electron chi connectivity index (χ1n) is 8.48. The maximum absolute atomic E-state index is 11.9. The standard InChI is InChI=1S/C21H11N3O4/c25-18-5-6-19(26)23(18)14-3-1-12-9-13-2-4-15(11-17(13)22-16(12)10-14)24-20(27)7-8-21(24)28/h1-11H. The summed E-state index contributed by atoms with van der Waals surface area (Å²) in [4.78, 5) is 54.4. The molecule has 5 rings (SSSR count). The number of carbonyl (C=O) groups excluding carboxylic acids is 4. The van der Waals surface area contributed by atoms with E-state index < -0.39 is 23.6 Å². The molecule has 2 aliphatic rings. The molecule has 0 N–H and O–H groups in total. The van der Waals surface area contributed by atoms with E-state index in [1.54, 1.807) is 36.4 Å². The van der Waals surface area contributed by atoms with Crippen molar-refractivity contribution in [3.63, 3.8) is 0 Å². The Kier molecular flexibility index (Phi) is 3.26. The summed E-state index contributed by atoms with van der Waals surface area (Å²) in [5.74, 6) is -1.59. The lowest BCUT2D eigenvalue weighted by atomic mass is 10.1. The van der Waals surface area contributed by atoms with Crippen LogP contribution in [-0.4, -0.2) is 28.6 Å². The fraction of sp³-hybridized carbons (Fsp3) is 0. The SMILES string of the molecule is O=C1C=CC(=O)N1c1ccc2cc3ccc(N4C(=O)C=CC4=O)cc3nc2c1. The first-order valence-corrected chi connectivity index (χ1v) is 8.48. The zero-order valence-corrected chi connectivity index (χ0v) is 14.3. The molecule has 1 aromatic heterocycles. The minimum atomic E-state index is -0.397. The van der Waals surface area contributed by atoms with Crippen LogP contribution in [0.5, 0.6) is 0 Å². The number of amides is 4. The maximum atomic E-state index is 11.9. The molecule has 2 aliphatic heterocycles. The van der Waals surface area contributed by atoms with E-state index in [1.807, 2.05) is 6.07 Å². The molecule has 3 heterocycles. The van der Waals surface area contributed by atoms with Gasteiger partial charge in [0.1, 0.15) is 0 Å². The van der Waals surface area contributed by atoms with Gasteiger partial charge in [0, 0.05) is 35.1 Å². The average molecular weight is 369 g/mol. The van der Waals surface area contributed by atoms with Crippen molar-refractivity contribution in [3.05, 3.63) is 66.8 Å². The fourth-order valence-electron chi connectivity index (χ4n) is 3.39. The van der Waals surface area contributed by atoms with Gasteiger partial charge in [0.25, 0.3) is 23.6 Å². The highest BCUT2D eigenvalue weighted by atomic mass is 16.2. The molecule has 0 radical (unpaired) electrons. The number of aromatic nitrogens is 1. The average Bonchev–Trinajstić information content (AvgIpc) is 3.20. The maximum Gasteiger partial charge on any atom is 0.258 e. The van der Waals surface area contributed by atoms with E-state index in [4.69, 9.17) is 0 Å². The van der Waals surface area contributed by atoms with Crippen molar-refractivity contribution in [2.24, 2.45) is 0 Å². The number of hydrogen-bond acceptors (Lipinski definition) is 5. The number of pyridine rings is 1. The van der Waals surface area contributed by atoms with Crippen molar-refractivity contribution in [1.82, 2.24) is 4.98 Å². The fourth-order valence-corrected chi connectivity index (χ4v) is 3.39. The van der Waals surface area contributed by atoms with Gasteiger partial charge in [0.05, 0.1) is 22.4 Å². The summed E-state index contributed by atoms with van der Waals surface area (Å²) in [6, 6.07) is 12.2. The van der Waals surface area contributed by atoms with Crippen LogP contribution in [0.4, 0.5) is 11.4 Å². The quantitative estimate of drug-likeness (QED) is 0.511. The van der Waals surface area contributed by atoms with Crippen LogP contribution in [0.1, 0.15) is 0 Å². The Bertz CT molecular complexity index is 1170. The molecule has 0 aliphatic carbocycles. The second-order valence-corrected chi connectivity index (χ2v) is 6.43. The van der Waals surface area contributed by atoms with E-state index >= 15 is 0 Å². The monoisotopic (exact) mass is 369 g/mol. The number of hydrogen-bond donors (Lipinski definition) is 0. The third-order valence-electron chi connectivity index (χ3n) is 4.71. The van der Waals surface area contributed by atoms with Crippen LogP contribution in [0.3, 0.4) is 0 Å². The predicted octanol–water partition coefficient (Wildman–Crippen LogP) is 2.25.